The lowest BCUT2D eigenvalue weighted by atomic mass is 10.0. The average molecular weight is 601 g/mol. The van der Waals surface area contributed by atoms with Crippen molar-refractivity contribution in [1.29, 1.82) is 0 Å². The second-order valence-electron chi connectivity index (χ2n) is 8.91. The Balaban J connectivity index is 1.76. The molecule has 0 saturated heterocycles. The molecule has 0 aliphatic heterocycles. The highest BCUT2D eigenvalue weighted by molar-refractivity contribution is 7.93. The summed E-state index contributed by atoms with van der Waals surface area (Å²) in [6, 6.07) is 17.5. The van der Waals surface area contributed by atoms with Crippen molar-refractivity contribution in [2.45, 2.75) is 31.2 Å². The summed E-state index contributed by atoms with van der Waals surface area (Å²) in [5.41, 5.74) is 1.37. The Kier molecular flexibility index (Phi) is 9.63. The summed E-state index contributed by atoms with van der Waals surface area (Å²) in [6.45, 7) is 1.80. The summed E-state index contributed by atoms with van der Waals surface area (Å²) in [4.78, 5) is 29.8. The van der Waals surface area contributed by atoms with Gasteiger partial charge in [-0.1, -0.05) is 66.9 Å². The number of aromatic nitrogens is 1. The topological polar surface area (TPSA) is 106 Å². The SMILES string of the molecule is CCCCOC(=O)CN(c1cccc2c(C(=O)NCc3cccnc3)cccc12)S(=O)(=O)c1cc(Cl)cc(Cl)c1. The summed E-state index contributed by atoms with van der Waals surface area (Å²) in [6.07, 6.45) is 4.76. The Bertz CT molecular complexity index is 1610. The molecule has 40 heavy (non-hydrogen) atoms. The van der Waals surface area contributed by atoms with Gasteiger partial charge in [-0.2, -0.15) is 0 Å². The number of rotatable bonds is 11. The molecule has 11 heteroatoms. The number of pyridine rings is 1. The van der Waals surface area contributed by atoms with Gasteiger partial charge in [0.25, 0.3) is 15.9 Å². The summed E-state index contributed by atoms with van der Waals surface area (Å²) in [5.74, 6) is -1.06. The maximum absolute atomic E-state index is 13.9. The summed E-state index contributed by atoms with van der Waals surface area (Å²) >= 11 is 12.2. The maximum Gasteiger partial charge on any atom is 0.326 e. The summed E-state index contributed by atoms with van der Waals surface area (Å²) in [5, 5.41) is 4.09. The van der Waals surface area contributed by atoms with E-state index in [2.05, 4.69) is 10.3 Å². The molecule has 1 N–H and O–H groups in total. The number of carbonyl (C=O) groups excluding carboxylic acids is 2. The van der Waals surface area contributed by atoms with Crippen LogP contribution in [0.15, 0.2) is 84.0 Å². The third-order valence-electron chi connectivity index (χ3n) is 6.05. The van der Waals surface area contributed by atoms with Crippen LogP contribution >= 0.6 is 23.2 Å². The van der Waals surface area contributed by atoms with Crippen molar-refractivity contribution in [1.82, 2.24) is 10.3 Å². The van der Waals surface area contributed by atoms with Crippen molar-refractivity contribution in [3.05, 3.63) is 100 Å². The lowest BCUT2D eigenvalue weighted by Crippen LogP contribution is -2.37. The number of anilines is 1. The second kappa shape index (κ2) is 13.1. The van der Waals surface area contributed by atoms with Crippen LogP contribution in [0.4, 0.5) is 5.69 Å². The van der Waals surface area contributed by atoms with Gasteiger partial charge in [-0.05, 0) is 53.8 Å². The van der Waals surface area contributed by atoms with E-state index < -0.39 is 22.5 Å². The van der Waals surface area contributed by atoms with E-state index in [1.807, 2.05) is 13.0 Å². The Morgan fingerprint density at radius 2 is 1.70 bits per heavy atom. The fraction of sp³-hybridized carbons (Fsp3) is 0.207. The average Bonchev–Trinajstić information content (AvgIpc) is 2.94. The van der Waals surface area contributed by atoms with Crippen molar-refractivity contribution in [2.24, 2.45) is 0 Å². The molecular formula is C29H27Cl2N3O5S. The second-order valence-corrected chi connectivity index (χ2v) is 11.6. The van der Waals surface area contributed by atoms with Gasteiger partial charge in [0.05, 0.1) is 17.2 Å². The van der Waals surface area contributed by atoms with Gasteiger partial charge in [0, 0.05) is 39.9 Å². The molecule has 3 aromatic carbocycles. The number of ether oxygens (including phenoxy) is 1. The summed E-state index contributed by atoms with van der Waals surface area (Å²) in [7, 11) is -4.34. The lowest BCUT2D eigenvalue weighted by molar-refractivity contribution is -0.141. The van der Waals surface area contributed by atoms with E-state index in [4.69, 9.17) is 27.9 Å². The first-order valence-electron chi connectivity index (χ1n) is 12.5. The Morgan fingerprint density at radius 1 is 0.975 bits per heavy atom. The number of fused-ring (bicyclic) bond motifs is 1. The number of nitrogens with one attached hydrogen (secondary N) is 1. The zero-order valence-electron chi connectivity index (χ0n) is 21.6. The van der Waals surface area contributed by atoms with Gasteiger partial charge in [0.2, 0.25) is 0 Å². The number of benzene rings is 3. The number of carbonyl (C=O) groups is 2. The van der Waals surface area contributed by atoms with Crippen molar-refractivity contribution < 1.29 is 22.7 Å². The van der Waals surface area contributed by atoms with Gasteiger partial charge in [0.15, 0.2) is 0 Å². The third kappa shape index (κ3) is 6.91. The van der Waals surface area contributed by atoms with Gasteiger partial charge in [-0.25, -0.2) is 8.42 Å². The molecule has 208 valence electrons. The van der Waals surface area contributed by atoms with Gasteiger partial charge in [-0.3, -0.25) is 18.9 Å². The van der Waals surface area contributed by atoms with Crippen molar-refractivity contribution in [2.75, 3.05) is 17.5 Å². The molecule has 0 unspecified atom stereocenters. The molecule has 4 rings (SSSR count). The molecule has 0 atom stereocenters. The fourth-order valence-corrected chi connectivity index (χ4v) is 6.24. The van der Waals surface area contributed by atoms with Gasteiger partial charge in [-0.15, -0.1) is 0 Å². The van der Waals surface area contributed by atoms with E-state index in [1.54, 1.807) is 54.9 Å². The lowest BCUT2D eigenvalue weighted by Gasteiger charge is -2.25. The highest BCUT2D eigenvalue weighted by Gasteiger charge is 2.30. The smallest absolute Gasteiger partial charge is 0.326 e. The minimum atomic E-state index is -4.34. The van der Waals surface area contributed by atoms with Crippen LogP contribution in [0.1, 0.15) is 35.7 Å². The van der Waals surface area contributed by atoms with E-state index in [0.717, 1.165) is 16.3 Å². The molecule has 0 saturated carbocycles. The van der Waals surface area contributed by atoms with Crippen LogP contribution in [-0.4, -0.2) is 38.4 Å². The fourth-order valence-electron chi connectivity index (χ4n) is 4.09. The van der Waals surface area contributed by atoms with E-state index in [-0.39, 0.29) is 39.7 Å². The zero-order valence-corrected chi connectivity index (χ0v) is 24.0. The molecule has 0 fully saturated rings. The van der Waals surface area contributed by atoms with Crippen LogP contribution in [0.25, 0.3) is 10.8 Å². The van der Waals surface area contributed by atoms with Gasteiger partial charge in [0.1, 0.15) is 6.54 Å². The highest BCUT2D eigenvalue weighted by atomic mass is 35.5. The number of hydrogen-bond donors (Lipinski definition) is 1. The monoisotopic (exact) mass is 599 g/mol. The molecule has 1 aromatic heterocycles. The molecule has 0 radical (unpaired) electrons. The van der Waals surface area contributed by atoms with Crippen molar-refractivity contribution in [3.8, 4) is 0 Å². The summed E-state index contributed by atoms with van der Waals surface area (Å²) < 4.78 is 34.1. The first-order chi connectivity index (χ1) is 19.2. The van der Waals surface area contributed by atoms with E-state index >= 15 is 0 Å². The first kappa shape index (κ1) is 29.3. The predicted molar refractivity (Wildman–Crippen MR) is 156 cm³/mol. The van der Waals surface area contributed by atoms with Crippen LogP contribution < -0.4 is 9.62 Å². The molecule has 0 bridgehead atoms. The molecular weight excluding hydrogens is 573 g/mol. The maximum atomic E-state index is 13.9. The van der Waals surface area contributed by atoms with E-state index in [0.29, 0.717) is 22.8 Å². The zero-order chi connectivity index (χ0) is 28.7. The normalized spacial score (nSPS) is 11.3. The largest absolute Gasteiger partial charge is 0.464 e. The Labute approximate surface area is 242 Å². The quantitative estimate of drug-likeness (QED) is 0.167. The Morgan fingerprint density at radius 3 is 2.40 bits per heavy atom. The molecule has 0 aliphatic carbocycles. The van der Waals surface area contributed by atoms with Crippen LogP contribution in [0.2, 0.25) is 10.0 Å². The van der Waals surface area contributed by atoms with Gasteiger partial charge < -0.3 is 10.1 Å². The number of esters is 1. The number of nitrogens with zero attached hydrogens (tertiary/aromatic N) is 2. The Hall–Kier alpha value is -3.66. The minimum absolute atomic E-state index is 0.127. The number of hydrogen-bond acceptors (Lipinski definition) is 6. The van der Waals surface area contributed by atoms with Crippen molar-refractivity contribution >= 4 is 61.6 Å². The van der Waals surface area contributed by atoms with E-state index in [1.165, 1.54) is 18.2 Å². The van der Waals surface area contributed by atoms with Crippen molar-refractivity contribution in [3.63, 3.8) is 0 Å². The van der Waals surface area contributed by atoms with Gasteiger partial charge >= 0.3 is 5.97 Å². The molecule has 8 nitrogen and oxygen atoms in total. The number of amides is 1. The van der Waals surface area contributed by atoms with Crippen LogP contribution in [0, 0.1) is 0 Å². The predicted octanol–water partition coefficient (Wildman–Crippen LogP) is 6.01. The number of unbranched alkanes of at least 4 members (excludes halogenated alkanes) is 1. The molecule has 1 amide bonds. The number of sulfonamides is 1. The highest BCUT2D eigenvalue weighted by Crippen LogP contribution is 2.34. The van der Waals surface area contributed by atoms with Crippen LogP contribution in [-0.2, 0) is 26.1 Å². The van der Waals surface area contributed by atoms with E-state index in [9.17, 15) is 18.0 Å². The number of halogens is 2. The van der Waals surface area contributed by atoms with Crippen LogP contribution in [0.3, 0.4) is 0 Å². The van der Waals surface area contributed by atoms with Crippen LogP contribution in [0.5, 0.6) is 0 Å². The standard InChI is InChI=1S/C29H27Cl2N3O5S/c1-2-3-13-39-28(35)19-34(40(37,38)23-15-21(30)14-22(31)16-23)27-11-5-8-24-25(27)9-4-10-26(24)29(36)33-18-20-7-6-12-32-17-20/h4-12,14-17H,2-3,13,18-19H2,1H3,(H,33,36). The third-order valence-corrected chi connectivity index (χ3v) is 8.22. The first-order valence-corrected chi connectivity index (χ1v) is 14.7. The minimum Gasteiger partial charge on any atom is -0.464 e. The molecule has 4 aromatic rings. The molecule has 1 heterocycles. The molecule has 0 spiro atoms. The molecule has 0 aliphatic rings.